The van der Waals surface area contributed by atoms with Crippen LogP contribution in [0.15, 0.2) is 60.8 Å². The highest BCUT2D eigenvalue weighted by molar-refractivity contribution is 7.89. The summed E-state index contributed by atoms with van der Waals surface area (Å²) in [5.74, 6) is -0.430. The number of hydrogen-bond donors (Lipinski definition) is 1. The van der Waals surface area contributed by atoms with E-state index >= 15 is 0 Å². The lowest BCUT2D eigenvalue weighted by atomic mass is 10.1. The van der Waals surface area contributed by atoms with Gasteiger partial charge < -0.3 is 15.0 Å². The summed E-state index contributed by atoms with van der Waals surface area (Å²) in [4.78, 5) is 33.5. The average molecular weight is 571 g/mol. The molecule has 1 aliphatic rings. The van der Waals surface area contributed by atoms with Crippen LogP contribution in [0.25, 0.3) is 11.3 Å². The number of pyridine rings is 1. The minimum Gasteiger partial charge on any atom is -0.491 e. The van der Waals surface area contributed by atoms with E-state index < -0.39 is 15.7 Å². The molecule has 0 spiro atoms. The quantitative estimate of drug-likeness (QED) is 0.417. The molecule has 2 heterocycles. The molecular weight excluding hydrogens is 540 g/mol. The molecule has 9 nitrogen and oxygen atoms in total. The van der Waals surface area contributed by atoms with Gasteiger partial charge in [-0.15, -0.1) is 0 Å². The van der Waals surface area contributed by atoms with Gasteiger partial charge in [-0.3, -0.25) is 19.5 Å². The van der Waals surface area contributed by atoms with Crippen LogP contribution in [0.5, 0.6) is 5.75 Å². The number of anilines is 1. The van der Waals surface area contributed by atoms with Crippen LogP contribution in [0, 0.1) is 0 Å². The van der Waals surface area contributed by atoms with Crippen LogP contribution in [-0.4, -0.2) is 80.6 Å². The molecule has 1 fully saturated rings. The van der Waals surface area contributed by atoms with Crippen molar-refractivity contribution in [3.63, 3.8) is 0 Å². The Bertz CT molecular complexity index is 1440. The molecule has 1 saturated heterocycles. The standard InChI is InChI=1S/C28H31ClN4O5S/c1-20(34)33-14-12-32(13-15-33)16-17-38-26-8-5-6-21(19-39(2,36)37)27(26)28(35)31-22-9-10-24(29)23(18-22)25-7-3-4-11-30-25/h3-11,18H,12-17,19H2,1-2H3,(H,31,35). The first kappa shape index (κ1) is 28.5. The third-order valence-corrected chi connectivity index (χ3v) is 7.57. The van der Waals surface area contributed by atoms with Gasteiger partial charge in [-0.1, -0.05) is 29.8 Å². The van der Waals surface area contributed by atoms with Gasteiger partial charge in [-0.2, -0.15) is 0 Å². The number of carbonyl (C=O) groups excluding carboxylic acids is 2. The Balaban J connectivity index is 1.53. The highest BCUT2D eigenvalue weighted by atomic mass is 35.5. The van der Waals surface area contributed by atoms with Crippen molar-refractivity contribution in [2.24, 2.45) is 0 Å². The van der Waals surface area contributed by atoms with Crippen molar-refractivity contribution in [3.05, 3.63) is 76.9 Å². The van der Waals surface area contributed by atoms with Gasteiger partial charge in [0.2, 0.25) is 5.91 Å². The molecule has 1 N–H and O–H groups in total. The van der Waals surface area contributed by atoms with Gasteiger partial charge in [-0.05, 0) is 42.0 Å². The van der Waals surface area contributed by atoms with E-state index in [1.807, 2.05) is 17.0 Å². The monoisotopic (exact) mass is 570 g/mol. The third kappa shape index (κ3) is 7.78. The van der Waals surface area contributed by atoms with Crippen molar-refractivity contribution in [2.75, 3.05) is 50.9 Å². The second kappa shape index (κ2) is 12.6. The van der Waals surface area contributed by atoms with Gasteiger partial charge in [0.25, 0.3) is 5.91 Å². The second-order valence-electron chi connectivity index (χ2n) is 9.42. The fourth-order valence-corrected chi connectivity index (χ4v) is 5.46. The summed E-state index contributed by atoms with van der Waals surface area (Å²) < 4.78 is 30.3. The minimum absolute atomic E-state index is 0.0667. The molecule has 0 aliphatic carbocycles. The highest BCUT2D eigenvalue weighted by Gasteiger charge is 2.22. The summed E-state index contributed by atoms with van der Waals surface area (Å²) in [6.07, 6.45) is 2.78. The minimum atomic E-state index is -3.42. The molecule has 3 aromatic rings. The predicted molar refractivity (Wildman–Crippen MR) is 152 cm³/mol. The first-order chi connectivity index (χ1) is 18.6. The Morgan fingerprint density at radius 2 is 1.82 bits per heavy atom. The molecule has 0 saturated carbocycles. The van der Waals surface area contributed by atoms with Gasteiger partial charge in [0.05, 0.1) is 22.0 Å². The molecule has 4 rings (SSSR count). The first-order valence-corrected chi connectivity index (χ1v) is 15.0. The van der Waals surface area contributed by atoms with Gasteiger partial charge in [-0.25, -0.2) is 8.42 Å². The number of hydrogen-bond acceptors (Lipinski definition) is 7. The maximum atomic E-state index is 13.6. The summed E-state index contributed by atoms with van der Waals surface area (Å²) in [5.41, 5.74) is 2.30. The topological polar surface area (TPSA) is 109 Å². The summed E-state index contributed by atoms with van der Waals surface area (Å²) in [5, 5.41) is 3.35. The number of rotatable bonds is 9. The Morgan fingerprint density at radius 1 is 1.05 bits per heavy atom. The lowest BCUT2D eigenvalue weighted by Crippen LogP contribution is -2.48. The van der Waals surface area contributed by atoms with Crippen LogP contribution in [0.4, 0.5) is 5.69 Å². The van der Waals surface area contributed by atoms with E-state index in [4.69, 9.17) is 16.3 Å². The highest BCUT2D eigenvalue weighted by Crippen LogP contribution is 2.31. The SMILES string of the molecule is CC(=O)N1CCN(CCOc2cccc(CS(C)(=O)=O)c2C(=O)Nc2ccc(Cl)c(-c3ccccn3)c2)CC1. The molecule has 1 aliphatic heterocycles. The molecule has 206 valence electrons. The Hall–Kier alpha value is -3.47. The molecule has 0 bridgehead atoms. The zero-order valence-electron chi connectivity index (χ0n) is 21.9. The van der Waals surface area contributed by atoms with Crippen LogP contribution in [0.2, 0.25) is 5.02 Å². The molecule has 1 aromatic heterocycles. The average Bonchev–Trinajstić information content (AvgIpc) is 2.89. The zero-order chi connectivity index (χ0) is 28.0. The van der Waals surface area contributed by atoms with Gasteiger partial charge in [0.1, 0.15) is 12.4 Å². The fourth-order valence-electron chi connectivity index (χ4n) is 4.44. The van der Waals surface area contributed by atoms with Crippen molar-refractivity contribution in [3.8, 4) is 17.0 Å². The van der Waals surface area contributed by atoms with Crippen molar-refractivity contribution >= 4 is 38.9 Å². The lowest BCUT2D eigenvalue weighted by Gasteiger charge is -2.34. The molecule has 2 aromatic carbocycles. The molecule has 11 heteroatoms. The van der Waals surface area contributed by atoms with E-state index in [1.54, 1.807) is 55.6 Å². The van der Waals surface area contributed by atoms with Gasteiger partial charge >= 0.3 is 0 Å². The number of nitrogens with one attached hydrogen (secondary N) is 1. The molecule has 39 heavy (non-hydrogen) atoms. The predicted octanol–water partition coefficient (Wildman–Crippen LogP) is 3.74. The Morgan fingerprint density at radius 3 is 2.49 bits per heavy atom. The van der Waals surface area contributed by atoms with Crippen molar-refractivity contribution in [1.82, 2.24) is 14.8 Å². The Labute approximate surface area is 233 Å². The van der Waals surface area contributed by atoms with Crippen LogP contribution < -0.4 is 10.1 Å². The molecule has 2 amide bonds. The summed E-state index contributed by atoms with van der Waals surface area (Å²) in [6.45, 7) is 5.27. The number of benzene rings is 2. The molecule has 0 radical (unpaired) electrons. The number of halogens is 1. The number of sulfone groups is 1. The van der Waals surface area contributed by atoms with E-state index in [-0.39, 0.29) is 17.2 Å². The van der Waals surface area contributed by atoms with Crippen LogP contribution >= 0.6 is 11.6 Å². The second-order valence-corrected chi connectivity index (χ2v) is 12.0. The summed E-state index contributed by atoms with van der Waals surface area (Å²) in [6, 6.07) is 15.5. The number of carbonyl (C=O) groups is 2. The number of ether oxygens (including phenoxy) is 1. The van der Waals surface area contributed by atoms with E-state index in [9.17, 15) is 18.0 Å². The number of nitrogens with zero attached hydrogens (tertiary/aromatic N) is 3. The summed E-state index contributed by atoms with van der Waals surface area (Å²) >= 11 is 6.39. The van der Waals surface area contributed by atoms with Crippen LogP contribution in [0.1, 0.15) is 22.8 Å². The van der Waals surface area contributed by atoms with E-state index in [0.717, 1.165) is 19.3 Å². The smallest absolute Gasteiger partial charge is 0.259 e. The zero-order valence-corrected chi connectivity index (χ0v) is 23.5. The van der Waals surface area contributed by atoms with Gasteiger partial charge in [0.15, 0.2) is 9.84 Å². The summed E-state index contributed by atoms with van der Waals surface area (Å²) in [7, 11) is -3.42. The van der Waals surface area contributed by atoms with Crippen LogP contribution in [-0.2, 0) is 20.4 Å². The van der Waals surface area contributed by atoms with Crippen molar-refractivity contribution in [1.29, 1.82) is 0 Å². The molecular formula is C28H31ClN4O5S. The number of piperazine rings is 1. The van der Waals surface area contributed by atoms with Gasteiger partial charge in [0, 0.05) is 63.4 Å². The lowest BCUT2D eigenvalue weighted by molar-refractivity contribution is -0.130. The van der Waals surface area contributed by atoms with E-state index in [2.05, 4.69) is 15.2 Å². The van der Waals surface area contributed by atoms with Crippen molar-refractivity contribution in [2.45, 2.75) is 12.7 Å². The fraction of sp³-hybridized carbons (Fsp3) is 0.321. The third-order valence-electron chi connectivity index (χ3n) is 6.41. The number of aromatic nitrogens is 1. The molecule has 0 unspecified atom stereocenters. The first-order valence-electron chi connectivity index (χ1n) is 12.5. The molecule has 0 atom stereocenters. The maximum absolute atomic E-state index is 13.6. The number of amides is 2. The van der Waals surface area contributed by atoms with Crippen molar-refractivity contribution < 1.29 is 22.7 Å². The normalized spacial score (nSPS) is 14.2. The van der Waals surface area contributed by atoms with Crippen LogP contribution in [0.3, 0.4) is 0 Å². The van der Waals surface area contributed by atoms with E-state index in [0.29, 0.717) is 59.5 Å². The Kier molecular flexibility index (Phi) is 9.21. The largest absolute Gasteiger partial charge is 0.491 e. The van der Waals surface area contributed by atoms with E-state index in [1.165, 1.54) is 0 Å². The maximum Gasteiger partial charge on any atom is 0.259 e.